The third-order valence-corrected chi connectivity index (χ3v) is 6.06. The van der Waals surface area contributed by atoms with Gasteiger partial charge in [0.05, 0.1) is 23.4 Å². The average Bonchev–Trinajstić information content (AvgIpc) is 3.25. The molecule has 0 bridgehead atoms. The molecule has 5 rings (SSSR count). The lowest BCUT2D eigenvalue weighted by atomic mass is 9.99. The molecule has 2 aliphatic heterocycles. The number of nitrogens with zero attached hydrogens (tertiary/aromatic N) is 2. The number of hydrogen-bond donors (Lipinski definition) is 0. The van der Waals surface area contributed by atoms with Gasteiger partial charge in [0.1, 0.15) is 0 Å². The smallest absolute Gasteiger partial charge is 0.287 e. The van der Waals surface area contributed by atoms with Gasteiger partial charge in [-0.25, -0.2) is 0 Å². The third kappa shape index (κ3) is 3.38. The fourth-order valence-electron chi connectivity index (χ4n) is 4.25. The average molecular weight is 452 g/mol. The van der Waals surface area contributed by atoms with Crippen LogP contribution in [0.2, 0.25) is 0 Å². The SMILES string of the molecule is C=C(ON1C(=C)C2=C(CCC=C2)C1=O)c1cccc(C(=O)CN2C(=O)c3ccccc3C2=O)c1. The molecule has 0 atom stereocenters. The second-order valence-electron chi connectivity index (χ2n) is 8.14. The molecule has 0 unspecified atom stereocenters. The number of ketones is 1. The van der Waals surface area contributed by atoms with Crippen molar-refractivity contribution in [3.8, 4) is 0 Å². The summed E-state index contributed by atoms with van der Waals surface area (Å²) in [4.78, 5) is 57.5. The van der Waals surface area contributed by atoms with Crippen molar-refractivity contribution in [1.82, 2.24) is 9.96 Å². The van der Waals surface area contributed by atoms with Gasteiger partial charge in [-0.2, -0.15) is 0 Å². The number of carbonyl (C=O) groups excluding carboxylic acids is 4. The maximum atomic E-state index is 12.9. The fourth-order valence-corrected chi connectivity index (χ4v) is 4.25. The maximum absolute atomic E-state index is 12.9. The standard InChI is InChI=1S/C27H20N2O5/c1-16-20-10-3-4-11-21(20)27(33)29(16)34-17(2)18-8-7-9-19(14-18)24(30)15-28-25(31)22-12-5-6-13-23(22)26(28)32/h3,5-10,12-14H,1-2,4,11,15H2. The van der Waals surface area contributed by atoms with Gasteiger partial charge >= 0.3 is 0 Å². The highest BCUT2D eigenvalue weighted by molar-refractivity contribution is 6.23. The molecule has 0 radical (unpaired) electrons. The van der Waals surface area contributed by atoms with Crippen LogP contribution in [0.15, 0.2) is 90.7 Å². The van der Waals surface area contributed by atoms with Gasteiger partial charge in [-0.05, 0) is 31.0 Å². The summed E-state index contributed by atoms with van der Waals surface area (Å²) in [7, 11) is 0. The van der Waals surface area contributed by atoms with Gasteiger partial charge in [0.2, 0.25) is 0 Å². The van der Waals surface area contributed by atoms with Crippen LogP contribution in [0.5, 0.6) is 0 Å². The Bertz CT molecular complexity index is 1350. The second-order valence-corrected chi connectivity index (χ2v) is 8.14. The molecule has 0 spiro atoms. The topological polar surface area (TPSA) is 84.0 Å². The first-order valence-electron chi connectivity index (χ1n) is 10.8. The summed E-state index contributed by atoms with van der Waals surface area (Å²) in [6.45, 7) is 7.48. The van der Waals surface area contributed by atoms with E-state index in [9.17, 15) is 19.2 Å². The summed E-state index contributed by atoms with van der Waals surface area (Å²) in [6.07, 6.45) is 5.25. The van der Waals surface area contributed by atoms with E-state index in [0.29, 0.717) is 23.3 Å². The van der Waals surface area contributed by atoms with Crippen LogP contribution in [0.1, 0.15) is 49.5 Å². The van der Waals surface area contributed by atoms with Crippen molar-refractivity contribution in [2.45, 2.75) is 12.8 Å². The van der Waals surface area contributed by atoms with Crippen LogP contribution < -0.4 is 0 Å². The molecule has 0 saturated heterocycles. The molecule has 2 aromatic rings. The number of rotatable bonds is 6. The van der Waals surface area contributed by atoms with E-state index < -0.39 is 17.6 Å². The fraction of sp³-hybridized carbons (Fsp3) is 0.111. The Hall–Kier alpha value is -4.52. The van der Waals surface area contributed by atoms with E-state index in [-0.39, 0.29) is 34.9 Å². The van der Waals surface area contributed by atoms with E-state index in [0.717, 1.165) is 22.0 Å². The minimum absolute atomic E-state index is 0.161. The molecule has 3 aliphatic rings. The van der Waals surface area contributed by atoms with Crippen LogP contribution in [0, 0.1) is 0 Å². The predicted octanol–water partition coefficient (Wildman–Crippen LogP) is 4.07. The van der Waals surface area contributed by atoms with Crippen LogP contribution in [-0.4, -0.2) is 40.0 Å². The minimum Gasteiger partial charge on any atom is -0.372 e. The number of fused-ring (bicyclic) bond motifs is 1. The number of amides is 3. The quantitative estimate of drug-likeness (QED) is 0.375. The molecule has 1 aliphatic carbocycles. The highest BCUT2D eigenvalue weighted by atomic mass is 16.7. The molecule has 0 N–H and O–H groups in total. The van der Waals surface area contributed by atoms with E-state index in [1.54, 1.807) is 48.5 Å². The molecule has 168 valence electrons. The Morgan fingerprint density at radius 2 is 1.62 bits per heavy atom. The van der Waals surface area contributed by atoms with Gasteiger partial charge in [-0.3, -0.25) is 24.1 Å². The molecule has 2 aromatic carbocycles. The van der Waals surface area contributed by atoms with Gasteiger partial charge in [0, 0.05) is 22.3 Å². The van der Waals surface area contributed by atoms with E-state index in [1.807, 2.05) is 12.2 Å². The molecule has 0 aromatic heterocycles. The van der Waals surface area contributed by atoms with Crippen LogP contribution in [-0.2, 0) is 9.63 Å². The summed E-state index contributed by atoms with van der Waals surface area (Å²) in [5.74, 6) is -1.51. The lowest BCUT2D eigenvalue weighted by Crippen LogP contribution is -2.34. The molecule has 3 amide bonds. The van der Waals surface area contributed by atoms with Gasteiger partial charge < -0.3 is 4.84 Å². The number of hydroxylamine groups is 2. The number of carbonyl (C=O) groups is 4. The zero-order valence-corrected chi connectivity index (χ0v) is 18.2. The molecule has 7 nitrogen and oxygen atoms in total. The van der Waals surface area contributed by atoms with Gasteiger partial charge in [-0.1, -0.05) is 55.6 Å². The summed E-state index contributed by atoms with van der Waals surface area (Å²) in [5.41, 5.74) is 3.20. The highest BCUT2D eigenvalue weighted by Crippen LogP contribution is 2.36. The largest absolute Gasteiger partial charge is 0.372 e. The molecule has 7 heteroatoms. The number of benzene rings is 2. The summed E-state index contributed by atoms with van der Waals surface area (Å²) in [5, 5.41) is 1.12. The lowest BCUT2D eigenvalue weighted by molar-refractivity contribution is -0.148. The number of imide groups is 1. The minimum atomic E-state index is -0.491. The monoisotopic (exact) mass is 452 g/mol. The summed E-state index contributed by atoms with van der Waals surface area (Å²) < 4.78 is 0. The maximum Gasteiger partial charge on any atom is 0.287 e. The van der Waals surface area contributed by atoms with Crippen LogP contribution in [0.3, 0.4) is 0 Å². The first kappa shape index (κ1) is 21.3. The summed E-state index contributed by atoms with van der Waals surface area (Å²) in [6, 6.07) is 13.0. The van der Waals surface area contributed by atoms with E-state index in [1.165, 1.54) is 0 Å². The van der Waals surface area contributed by atoms with Gasteiger partial charge in [-0.15, -0.1) is 5.06 Å². The van der Waals surface area contributed by atoms with E-state index in [2.05, 4.69) is 13.2 Å². The number of allylic oxidation sites excluding steroid dienone is 2. The van der Waals surface area contributed by atoms with Crippen molar-refractivity contribution in [1.29, 1.82) is 0 Å². The zero-order chi connectivity index (χ0) is 24.0. The van der Waals surface area contributed by atoms with Crippen LogP contribution in [0.25, 0.3) is 5.76 Å². The van der Waals surface area contributed by atoms with Crippen molar-refractivity contribution in [2.24, 2.45) is 0 Å². The summed E-state index contributed by atoms with van der Waals surface area (Å²) >= 11 is 0. The van der Waals surface area contributed by atoms with E-state index in [4.69, 9.17) is 4.84 Å². The Labute approximate surface area is 195 Å². The van der Waals surface area contributed by atoms with Crippen molar-refractivity contribution in [3.05, 3.63) is 113 Å². The van der Waals surface area contributed by atoms with E-state index >= 15 is 0 Å². The molecule has 34 heavy (non-hydrogen) atoms. The highest BCUT2D eigenvalue weighted by Gasteiger charge is 2.37. The van der Waals surface area contributed by atoms with Crippen molar-refractivity contribution >= 4 is 29.3 Å². The van der Waals surface area contributed by atoms with Crippen LogP contribution >= 0.6 is 0 Å². The number of Topliss-reactive ketones (excluding diaryl/α,β-unsaturated/α-hetero) is 1. The Balaban J connectivity index is 1.30. The lowest BCUT2D eigenvalue weighted by Gasteiger charge is -2.20. The van der Waals surface area contributed by atoms with Crippen molar-refractivity contribution in [2.75, 3.05) is 6.54 Å². The number of hydrogen-bond acceptors (Lipinski definition) is 5. The van der Waals surface area contributed by atoms with Crippen molar-refractivity contribution in [3.63, 3.8) is 0 Å². The Kier molecular flexibility index (Phi) is 5.09. The second kappa shape index (κ2) is 8.12. The Morgan fingerprint density at radius 1 is 0.941 bits per heavy atom. The molecule has 0 saturated carbocycles. The van der Waals surface area contributed by atoms with Gasteiger partial charge in [0.25, 0.3) is 17.7 Å². The first-order chi connectivity index (χ1) is 16.4. The molecular weight excluding hydrogens is 432 g/mol. The van der Waals surface area contributed by atoms with Gasteiger partial charge in [0.15, 0.2) is 11.5 Å². The third-order valence-electron chi connectivity index (χ3n) is 6.06. The Morgan fingerprint density at radius 3 is 2.29 bits per heavy atom. The molecule has 2 heterocycles. The first-order valence-corrected chi connectivity index (χ1v) is 10.8. The predicted molar refractivity (Wildman–Crippen MR) is 124 cm³/mol. The van der Waals surface area contributed by atoms with Crippen molar-refractivity contribution < 1.29 is 24.0 Å². The normalized spacial score (nSPS) is 16.8. The molecule has 0 fully saturated rings. The molecular formula is C27H20N2O5. The zero-order valence-electron chi connectivity index (χ0n) is 18.2. The van der Waals surface area contributed by atoms with Crippen LogP contribution in [0.4, 0.5) is 0 Å².